The first-order valence-electron chi connectivity index (χ1n) is 6.54. The average Bonchev–Trinajstić information content (AvgIpc) is 2.41. The molecule has 1 aliphatic rings. The van der Waals surface area contributed by atoms with E-state index in [1.807, 2.05) is 12.1 Å². The Bertz CT molecular complexity index is 493. The van der Waals surface area contributed by atoms with E-state index in [0.29, 0.717) is 19.3 Å². The molecule has 0 amide bonds. The van der Waals surface area contributed by atoms with Crippen molar-refractivity contribution in [3.05, 3.63) is 29.3 Å². The van der Waals surface area contributed by atoms with Gasteiger partial charge < -0.3 is 9.47 Å². The van der Waals surface area contributed by atoms with Crippen molar-refractivity contribution in [3.8, 4) is 5.75 Å². The zero-order valence-electron chi connectivity index (χ0n) is 11.3. The summed E-state index contributed by atoms with van der Waals surface area (Å²) in [5.74, 6) is -0.154. The van der Waals surface area contributed by atoms with Gasteiger partial charge in [0.25, 0.3) is 0 Å². The molecule has 1 fully saturated rings. The standard InChI is InChI=1S/C15H18O4/c1-3-11-8-10(4-6-13(11)18-2)9-12-5-7-14(16)19-15(12)17/h4,6,8,12H,3,5,7,9H2,1-2H3. The number of carbonyl (C=O) groups excluding carboxylic acids is 2. The van der Waals surface area contributed by atoms with Gasteiger partial charge in [-0.15, -0.1) is 0 Å². The molecule has 1 saturated heterocycles. The lowest BCUT2D eigenvalue weighted by molar-refractivity contribution is -0.167. The fourth-order valence-corrected chi connectivity index (χ4v) is 2.36. The second-order valence-electron chi connectivity index (χ2n) is 4.73. The molecule has 1 heterocycles. The SMILES string of the molecule is CCc1cc(CC2CCC(=O)OC2=O)ccc1OC. The third-order valence-electron chi connectivity index (χ3n) is 3.45. The van der Waals surface area contributed by atoms with Crippen LogP contribution in [0.5, 0.6) is 5.75 Å². The fraction of sp³-hybridized carbons (Fsp3) is 0.467. The summed E-state index contributed by atoms with van der Waals surface area (Å²) in [6.07, 6.45) is 2.39. The zero-order chi connectivity index (χ0) is 13.8. The maximum Gasteiger partial charge on any atom is 0.316 e. The highest BCUT2D eigenvalue weighted by atomic mass is 16.6. The molecule has 0 radical (unpaired) electrons. The fourth-order valence-electron chi connectivity index (χ4n) is 2.36. The van der Waals surface area contributed by atoms with E-state index in [2.05, 4.69) is 17.7 Å². The van der Waals surface area contributed by atoms with Crippen LogP contribution in [0.15, 0.2) is 18.2 Å². The number of esters is 2. The van der Waals surface area contributed by atoms with E-state index in [-0.39, 0.29) is 5.92 Å². The molecule has 4 heteroatoms. The maximum atomic E-state index is 11.6. The lowest BCUT2D eigenvalue weighted by Gasteiger charge is -2.19. The van der Waals surface area contributed by atoms with Gasteiger partial charge in [0, 0.05) is 6.42 Å². The summed E-state index contributed by atoms with van der Waals surface area (Å²) in [5.41, 5.74) is 2.20. The largest absolute Gasteiger partial charge is 0.496 e. The van der Waals surface area contributed by atoms with Crippen molar-refractivity contribution in [1.29, 1.82) is 0 Å². The van der Waals surface area contributed by atoms with Crippen LogP contribution in [-0.4, -0.2) is 19.0 Å². The summed E-state index contributed by atoms with van der Waals surface area (Å²) < 4.78 is 9.95. The van der Waals surface area contributed by atoms with Gasteiger partial charge in [0.1, 0.15) is 5.75 Å². The van der Waals surface area contributed by atoms with Gasteiger partial charge in [-0.2, -0.15) is 0 Å². The summed E-state index contributed by atoms with van der Waals surface area (Å²) in [6, 6.07) is 5.94. The second kappa shape index (κ2) is 5.87. The summed E-state index contributed by atoms with van der Waals surface area (Å²) in [7, 11) is 1.65. The molecule has 1 aliphatic heterocycles. The molecule has 4 nitrogen and oxygen atoms in total. The number of methoxy groups -OCH3 is 1. The Hall–Kier alpha value is -1.84. The molecule has 19 heavy (non-hydrogen) atoms. The monoisotopic (exact) mass is 262 g/mol. The maximum absolute atomic E-state index is 11.6. The van der Waals surface area contributed by atoms with Gasteiger partial charge in [0.15, 0.2) is 0 Å². The van der Waals surface area contributed by atoms with E-state index >= 15 is 0 Å². The van der Waals surface area contributed by atoms with Crippen molar-refractivity contribution in [3.63, 3.8) is 0 Å². The predicted octanol–water partition coefficient (Wildman–Crippen LogP) is 2.28. The van der Waals surface area contributed by atoms with E-state index in [1.165, 1.54) is 0 Å². The minimum atomic E-state index is -0.412. The van der Waals surface area contributed by atoms with E-state index in [1.54, 1.807) is 7.11 Å². The van der Waals surface area contributed by atoms with Gasteiger partial charge >= 0.3 is 11.9 Å². The van der Waals surface area contributed by atoms with Crippen LogP contribution in [0.25, 0.3) is 0 Å². The van der Waals surface area contributed by atoms with Gasteiger partial charge in [-0.3, -0.25) is 9.59 Å². The molecule has 1 unspecified atom stereocenters. The lowest BCUT2D eigenvalue weighted by atomic mass is 9.92. The summed E-state index contributed by atoms with van der Waals surface area (Å²) >= 11 is 0. The number of rotatable bonds is 4. The van der Waals surface area contributed by atoms with Crippen molar-refractivity contribution >= 4 is 11.9 Å². The lowest BCUT2D eigenvalue weighted by Crippen LogP contribution is -2.29. The van der Waals surface area contributed by atoms with Gasteiger partial charge in [-0.25, -0.2) is 0 Å². The summed E-state index contributed by atoms with van der Waals surface area (Å²) in [6.45, 7) is 2.06. The highest BCUT2D eigenvalue weighted by Gasteiger charge is 2.29. The van der Waals surface area contributed by atoms with E-state index in [0.717, 1.165) is 23.3 Å². The van der Waals surface area contributed by atoms with Crippen LogP contribution < -0.4 is 4.74 Å². The predicted molar refractivity (Wildman–Crippen MR) is 69.9 cm³/mol. The molecule has 1 aromatic rings. The number of hydrogen-bond donors (Lipinski definition) is 0. The Morgan fingerprint density at radius 3 is 2.79 bits per heavy atom. The van der Waals surface area contributed by atoms with Crippen molar-refractivity contribution in [1.82, 2.24) is 0 Å². The third kappa shape index (κ3) is 3.13. The zero-order valence-corrected chi connectivity index (χ0v) is 11.3. The molecule has 0 N–H and O–H groups in total. The Labute approximate surface area is 112 Å². The summed E-state index contributed by atoms with van der Waals surface area (Å²) in [5, 5.41) is 0. The van der Waals surface area contributed by atoms with Gasteiger partial charge in [-0.1, -0.05) is 19.1 Å². The highest BCUT2D eigenvalue weighted by Crippen LogP contribution is 2.25. The Morgan fingerprint density at radius 2 is 2.16 bits per heavy atom. The van der Waals surface area contributed by atoms with Gasteiger partial charge in [-0.05, 0) is 36.5 Å². The minimum absolute atomic E-state index is 0.212. The van der Waals surface area contributed by atoms with Crippen molar-refractivity contribution in [2.45, 2.75) is 32.6 Å². The van der Waals surface area contributed by atoms with Crippen LogP contribution in [0.4, 0.5) is 0 Å². The smallest absolute Gasteiger partial charge is 0.316 e. The van der Waals surface area contributed by atoms with Crippen LogP contribution in [-0.2, 0) is 27.2 Å². The molecular formula is C15H18O4. The van der Waals surface area contributed by atoms with E-state index in [9.17, 15) is 9.59 Å². The summed E-state index contributed by atoms with van der Waals surface area (Å²) in [4.78, 5) is 22.6. The molecule has 102 valence electrons. The van der Waals surface area contributed by atoms with Crippen LogP contribution in [0.1, 0.15) is 30.9 Å². The molecule has 0 saturated carbocycles. The van der Waals surface area contributed by atoms with Crippen molar-refractivity contribution < 1.29 is 19.1 Å². The number of carbonyl (C=O) groups is 2. The molecule has 0 bridgehead atoms. The Balaban J connectivity index is 2.11. The molecule has 1 atom stereocenters. The molecule has 0 spiro atoms. The molecule has 2 rings (SSSR count). The van der Waals surface area contributed by atoms with E-state index < -0.39 is 11.9 Å². The van der Waals surface area contributed by atoms with Gasteiger partial charge in [0.2, 0.25) is 0 Å². The number of cyclic esters (lactones) is 2. The number of hydrogen-bond acceptors (Lipinski definition) is 4. The first kappa shape index (κ1) is 13.6. The van der Waals surface area contributed by atoms with Crippen LogP contribution in [0.2, 0.25) is 0 Å². The second-order valence-corrected chi connectivity index (χ2v) is 4.73. The minimum Gasteiger partial charge on any atom is -0.496 e. The number of ether oxygens (including phenoxy) is 2. The quantitative estimate of drug-likeness (QED) is 0.617. The first-order chi connectivity index (χ1) is 9.13. The molecule has 0 aromatic heterocycles. The van der Waals surface area contributed by atoms with Crippen molar-refractivity contribution in [2.75, 3.05) is 7.11 Å². The Morgan fingerprint density at radius 1 is 1.37 bits per heavy atom. The van der Waals surface area contributed by atoms with Crippen LogP contribution in [0.3, 0.4) is 0 Å². The number of aryl methyl sites for hydroxylation is 1. The highest BCUT2D eigenvalue weighted by molar-refractivity contribution is 5.89. The van der Waals surface area contributed by atoms with Crippen LogP contribution in [0, 0.1) is 5.92 Å². The topological polar surface area (TPSA) is 52.6 Å². The Kier molecular flexibility index (Phi) is 4.20. The van der Waals surface area contributed by atoms with Gasteiger partial charge in [0.05, 0.1) is 13.0 Å². The first-order valence-corrected chi connectivity index (χ1v) is 6.54. The molecular weight excluding hydrogens is 244 g/mol. The normalized spacial score (nSPS) is 19.2. The number of benzene rings is 1. The third-order valence-corrected chi connectivity index (χ3v) is 3.45. The van der Waals surface area contributed by atoms with E-state index in [4.69, 9.17) is 4.74 Å². The molecule has 0 aliphatic carbocycles. The van der Waals surface area contributed by atoms with Crippen molar-refractivity contribution in [2.24, 2.45) is 5.92 Å². The van der Waals surface area contributed by atoms with Crippen LogP contribution >= 0.6 is 0 Å². The average molecular weight is 262 g/mol. The molecule has 1 aromatic carbocycles.